The van der Waals surface area contributed by atoms with Gasteiger partial charge < -0.3 is 15.0 Å². The maximum absolute atomic E-state index is 12.8. The third-order valence-corrected chi connectivity index (χ3v) is 5.22. The number of carbonyl (C=O) groups excluding carboxylic acids is 1. The van der Waals surface area contributed by atoms with Crippen LogP contribution in [-0.4, -0.2) is 47.5 Å². The van der Waals surface area contributed by atoms with E-state index in [9.17, 15) is 4.79 Å². The number of piperidine rings is 1. The lowest BCUT2D eigenvalue weighted by atomic mass is 9.98. The molecule has 1 fully saturated rings. The van der Waals surface area contributed by atoms with Crippen molar-refractivity contribution in [2.75, 3.05) is 26.7 Å². The zero-order chi connectivity index (χ0) is 17.9. The summed E-state index contributed by atoms with van der Waals surface area (Å²) in [5.41, 5.74) is 2.80. The van der Waals surface area contributed by atoms with Crippen LogP contribution < -0.4 is 10.1 Å². The fourth-order valence-corrected chi connectivity index (χ4v) is 3.71. The van der Waals surface area contributed by atoms with Crippen molar-refractivity contribution in [2.24, 2.45) is 0 Å². The zero-order valence-corrected chi connectivity index (χ0v) is 15.1. The van der Waals surface area contributed by atoms with Crippen LogP contribution in [0.1, 0.15) is 46.2 Å². The van der Waals surface area contributed by atoms with Crippen LogP contribution in [0.2, 0.25) is 0 Å². The number of nitrogens with zero attached hydrogens (tertiary/aromatic N) is 3. The number of benzene rings is 1. The highest BCUT2D eigenvalue weighted by molar-refractivity contribution is 5.94. The standard InChI is InChI=1S/C20H24N4O2/c1-26-17-6-2-4-14(10-17)20(25)24-9-7-18-16(13-24)12-22-19(23-18)15-5-3-8-21-11-15/h2,4,6,10,12,15,21H,3,5,7-9,11,13H2,1H3/t15-/m0/s1. The van der Waals surface area contributed by atoms with Gasteiger partial charge in [-0.2, -0.15) is 0 Å². The van der Waals surface area contributed by atoms with Gasteiger partial charge in [-0.15, -0.1) is 0 Å². The monoisotopic (exact) mass is 352 g/mol. The van der Waals surface area contributed by atoms with Crippen molar-refractivity contribution in [3.8, 4) is 5.75 Å². The van der Waals surface area contributed by atoms with Crippen LogP contribution in [0.3, 0.4) is 0 Å². The molecule has 4 rings (SSSR count). The lowest BCUT2D eigenvalue weighted by Gasteiger charge is -2.29. The summed E-state index contributed by atoms with van der Waals surface area (Å²) < 4.78 is 5.22. The minimum absolute atomic E-state index is 0.0232. The summed E-state index contributed by atoms with van der Waals surface area (Å²) in [7, 11) is 1.61. The molecule has 0 radical (unpaired) electrons. The minimum atomic E-state index is 0.0232. The second-order valence-corrected chi connectivity index (χ2v) is 6.95. The maximum atomic E-state index is 12.8. The van der Waals surface area contributed by atoms with Crippen molar-refractivity contribution in [3.63, 3.8) is 0 Å². The van der Waals surface area contributed by atoms with Crippen LogP contribution >= 0.6 is 0 Å². The number of aromatic nitrogens is 2. The molecule has 2 aromatic rings. The van der Waals surface area contributed by atoms with Gasteiger partial charge in [0, 0.05) is 49.3 Å². The molecule has 2 aliphatic rings. The van der Waals surface area contributed by atoms with Gasteiger partial charge in [-0.3, -0.25) is 4.79 Å². The molecule has 1 saturated heterocycles. The highest BCUT2D eigenvalue weighted by Crippen LogP contribution is 2.24. The number of rotatable bonds is 3. The first-order chi connectivity index (χ1) is 12.7. The van der Waals surface area contributed by atoms with Gasteiger partial charge in [-0.05, 0) is 37.6 Å². The van der Waals surface area contributed by atoms with Crippen LogP contribution in [0.5, 0.6) is 5.75 Å². The quantitative estimate of drug-likeness (QED) is 0.917. The molecule has 1 N–H and O–H groups in total. The Bertz CT molecular complexity index is 802. The molecule has 1 aromatic carbocycles. The third-order valence-electron chi connectivity index (χ3n) is 5.22. The first kappa shape index (κ1) is 17.0. The number of methoxy groups -OCH3 is 1. The van der Waals surface area contributed by atoms with E-state index in [0.717, 1.165) is 43.0 Å². The average Bonchev–Trinajstić information content (AvgIpc) is 2.73. The van der Waals surface area contributed by atoms with Gasteiger partial charge in [0.2, 0.25) is 0 Å². The molecule has 6 nitrogen and oxygen atoms in total. The molecule has 2 aliphatic heterocycles. The number of fused-ring (bicyclic) bond motifs is 1. The molecular formula is C20H24N4O2. The highest BCUT2D eigenvalue weighted by Gasteiger charge is 2.25. The Labute approximate surface area is 153 Å². The van der Waals surface area contributed by atoms with Crippen molar-refractivity contribution < 1.29 is 9.53 Å². The molecule has 3 heterocycles. The Balaban J connectivity index is 1.49. The van der Waals surface area contributed by atoms with Gasteiger partial charge in [0.1, 0.15) is 11.6 Å². The summed E-state index contributed by atoms with van der Waals surface area (Å²) in [5, 5.41) is 3.42. The second kappa shape index (κ2) is 7.41. The van der Waals surface area contributed by atoms with E-state index in [4.69, 9.17) is 9.72 Å². The minimum Gasteiger partial charge on any atom is -0.497 e. The predicted molar refractivity (Wildman–Crippen MR) is 98.3 cm³/mol. The molecule has 1 atom stereocenters. The maximum Gasteiger partial charge on any atom is 0.254 e. The topological polar surface area (TPSA) is 67.3 Å². The fourth-order valence-electron chi connectivity index (χ4n) is 3.71. The van der Waals surface area contributed by atoms with Crippen LogP contribution in [-0.2, 0) is 13.0 Å². The van der Waals surface area contributed by atoms with Crippen molar-refractivity contribution in [1.29, 1.82) is 0 Å². The van der Waals surface area contributed by atoms with E-state index in [1.807, 2.05) is 29.3 Å². The van der Waals surface area contributed by atoms with Gasteiger partial charge in [-0.25, -0.2) is 9.97 Å². The van der Waals surface area contributed by atoms with Crippen LogP contribution in [0, 0.1) is 0 Å². The summed E-state index contributed by atoms with van der Waals surface area (Å²) in [6.45, 7) is 3.29. The van der Waals surface area contributed by atoms with Crippen LogP contribution in [0.4, 0.5) is 0 Å². The summed E-state index contributed by atoms with van der Waals surface area (Å²) in [6.07, 6.45) is 5.01. The Morgan fingerprint density at radius 1 is 1.38 bits per heavy atom. The lowest BCUT2D eigenvalue weighted by molar-refractivity contribution is 0.0732. The van der Waals surface area contributed by atoms with Crippen molar-refractivity contribution in [3.05, 3.63) is 53.1 Å². The van der Waals surface area contributed by atoms with E-state index in [2.05, 4.69) is 10.3 Å². The van der Waals surface area contributed by atoms with Gasteiger partial charge >= 0.3 is 0 Å². The predicted octanol–water partition coefficient (Wildman–Crippen LogP) is 2.15. The molecule has 0 aliphatic carbocycles. The Kier molecular flexibility index (Phi) is 4.84. The highest BCUT2D eigenvalue weighted by atomic mass is 16.5. The van der Waals surface area contributed by atoms with Gasteiger partial charge in [0.25, 0.3) is 5.91 Å². The van der Waals surface area contributed by atoms with Gasteiger partial charge in [-0.1, -0.05) is 6.07 Å². The third kappa shape index (κ3) is 3.42. The zero-order valence-electron chi connectivity index (χ0n) is 15.1. The number of carbonyl (C=O) groups is 1. The SMILES string of the molecule is COc1cccc(C(=O)N2CCc3nc([C@H]4CCCNC4)ncc3C2)c1. The number of hydrogen-bond acceptors (Lipinski definition) is 5. The first-order valence-corrected chi connectivity index (χ1v) is 9.23. The smallest absolute Gasteiger partial charge is 0.254 e. The lowest BCUT2D eigenvalue weighted by Crippen LogP contribution is -2.37. The van der Waals surface area contributed by atoms with Crippen molar-refractivity contribution in [1.82, 2.24) is 20.2 Å². The summed E-state index contributed by atoms with van der Waals surface area (Å²) >= 11 is 0. The Morgan fingerprint density at radius 3 is 3.12 bits per heavy atom. The van der Waals surface area contributed by atoms with E-state index in [1.165, 1.54) is 6.42 Å². The van der Waals surface area contributed by atoms with E-state index < -0.39 is 0 Å². The Hall–Kier alpha value is -2.47. The van der Waals surface area contributed by atoms with Crippen LogP contribution in [0.25, 0.3) is 0 Å². The van der Waals surface area contributed by atoms with Crippen molar-refractivity contribution >= 4 is 5.91 Å². The summed E-state index contributed by atoms with van der Waals surface area (Å²) in [6, 6.07) is 7.30. The molecule has 0 unspecified atom stereocenters. The number of hydrogen-bond donors (Lipinski definition) is 1. The van der Waals surface area contributed by atoms with Crippen LogP contribution in [0.15, 0.2) is 30.5 Å². The van der Waals surface area contributed by atoms with E-state index >= 15 is 0 Å². The normalized spacial score (nSPS) is 19.7. The van der Waals surface area contributed by atoms with E-state index in [0.29, 0.717) is 30.3 Å². The molecule has 0 saturated carbocycles. The number of amides is 1. The van der Waals surface area contributed by atoms with E-state index in [-0.39, 0.29) is 5.91 Å². The summed E-state index contributed by atoms with van der Waals surface area (Å²) in [5.74, 6) is 2.08. The fraction of sp³-hybridized carbons (Fsp3) is 0.450. The van der Waals surface area contributed by atoms with Gasteiger partial charge in [0.05, 0.1) is 12.8 Å². The molecule has 1 amide bonds. The van der Waals surface area contributed by atoms with E-state index in [1.54, 1.807) is 13.2 Å². The molecule has 0 bridgehead atoms. The molecule has 0 spiro atoms. The first-order valence-electron chi connectivity index (χ1n) is 9.23. The average molecular weight is 352 g/mol. The Morgan fingerprint density at radius 2 is 2.31 bits per heavy atom. The molecular weight excluding hydrogens is 328 g/mol. The molecule has 26 heavy (non-hydrogen) atoms. The molecule has 136 valence electrons. The summed E-state index contributed by atoms with van der Waals surface area (Å²) in [4.78, 5) is 24.1. The van der Waals surface area contributed by atoms with Gasteiger partial charge in [0.15, 0.2) is 0 Å². The second-order valence-electron chi connectivity index (χ2n) is 6.95. The van der Waals surface area contributed by atoms with Crippen molar-refractivity contribution in [2.45, 2.75) is 31.7 Å². The molecule has 1 aromatic heterocycles. The largest absolute Gasteiger partial charge is 0.497 e. The molecule has 6 heteroatoms. The number of ether oxygens (including phenoxy) is 1. The number of nitrogens with one attached hydrogen (secondary N) is 1.